The van der Waals surface area contributed by atoms with E-state index in [1.165, 1.54) is 18.2 Å². The van der Waals surface area contributed by atoms with Crippen molar-refractivity contribution in [3.05, 3.63) is 50.6 Å². The van der Waals surface area contributed by atoms with Crippen molar-refractivity contribution >= 4 is 22.4 Å². The molecule has 7 nitrogen and oxygen atoms in total. The number of terminal acetylenes is 1. The lowest BCUT2D eigenvalue weighted by Crippen LogP contribution is -2.24. The summed E-state index contributed by atoms with van der Waals surface area (Å²) in [6.07, 6.45) is 5.00. The maximum atomic E-state index is 11.7. The number of nitro benzene ring substituents is 1. The zero-order valence-corrected chi connectivity index (χ0v) is 10.1. The van der Waals surface area contributed by atoms with Gasteiger partial charge in [0.25, 0.3) is 11.6 Å². The summed E-state index contributed by atoms with van der Waals surface area (Å²) in [5.41, 5.74) is -1.05. The lowest BCUT2D eigenvalue weighted by Gasteiger charge is -2.02. The molecule has 1 aromatic heterocycles. The standard InChI is InChI=1S/C13H8N2O5/c1-2-5-14-12(16)11-6-8-3-4-9(15(18)19)7-10(8)13(17)20-11/h1,3-4,6-7H,5H2,(H,14,16). The van der Waals surface area contributed by atoms with Gasteiger partial charge in [-0.1, -0.05) is 5.92 Å². The van der Waals surface area contributed by atoms with E-state index in [4.69, 9.17) is 10.8 Å². The molecule has 0 saturated carbocycles. The van der Waals surface area contributed by atoms with Crippen LogP contribution in [0.3, 0.4) is 0 Å². The van der Waals surface area contributed by atoms with Crippen LogP contribution in [0.5, 0.6) is 0 Å². The minimum Gasteiger partial charge on any atom is -0.417 e. The van der Waals surface area contributed by atoms with Gasteiger partial charge in [-0.25, -0.2) is 4.79 Å². The average Bonchev–Trinajstić information content (AvgIpc) is 2.44. The number of amides is 1. The van der Waals surface area contributed by atoms with Crippen LogP contribution in [0.4, 0.5) is 5.69 Å². The molecule has 2 aromatic rings. The molecule has 0 aliphatic carbocycles. The number of fused-ring (bicyclic) bond motifs is 1. The fourth-order valence-corrected chi connectivity index (χ4v) is 1.62. The lowest BCUT2D eigenvalue weighted by atomic mass is 10.1. The normalized spacial score (nSPS) is 9.95. The molecule has 20 heavy (non-hydrogen) atoms. The van der Waals surface area contributed by atoms with Crippen molar-refractivity contribution in [3.63, 3.8) is 0 Å². The molecule has 0 bridgehead atoms. The average molecular weight is 272 g/mol. The molecule has 0 saturated heterocycles. The smallest absolute Gasteiger partial charge is 0.344 e. The number of nitrogens with one attached hydrogen (secondary N) is 1. The molecule has 7 heteroatoms. The summed E-state index contributed by atoms with van der Waals surface area (Å²) >= 11 is 0. The Kier molecular flexibility index (Phi) is 3.48. The summed E-state index contributed by atoms with van der Waals surface area (Å²) in [6, 6.07) is 5.05. The predicted octanol–water partition coefficient (Wildman–Crippen LogP) is 1.06. The maximum absolute atomic E-state index is 11.7. The van der Waals surface area contributed by atoms with Gasteiger partial charge in [0.2, 0.25) is 0 Å². The Morgan fingerprint density at radius 1 is 1.45 bits per heavy atom. The lowest BCUT2D eigenvalue weighted by molar-refractivity contribution is -0.384. The Morgan fingerprint density at radius 3 is 2.85 bits per heavy atom. The van der Waals surface area contributed by atoms with E-state index < -0.39 is 16.5 Å². The van der Waals surface area contributed by atoms with E-state index in [0.29, 0.717) is 5.39 Å². The third-order valence-corrected chi connectivity index (χ3v) is 2.53. The zero-order valence-electron chi connectivity index (χ0n) is 10.1. The van der Waals surface area contributed by atoms with Gasteiger partial charge in [-0.15, -0.1) is 6.42 Å². The number of nitro groups is 1. The molecular weight excluding hydrogens is 264 g/mol. The molecule has 1 amide bonds. The Morgan fingerprint density at radius 2 is 2.20 bits per heavy atom. The fraction of sp³-hybridized carbons (Fsp3) is 0.0769. The predicted molar refractivity (Wildman–Crippen MR) is 70.3 cm³/mol. The summed E-state index contributed by atoms with van der Waals surface area (Å²) in [7, 11) is 0. The van der Waals surface area contributed by atoms with Crippen molar-refractivity contribution in [2.45, 2.75) is 0 Å². The van der Waals surface area contributed by atoms with Crippen molar-refractivity contribution in [3.8, 4) is 12.3 Å². The van der Waals surface area contributed by atoms with Crippen molar-refractivity contribution < 1.29 is 14.1 Å². The third kappa shape index (κ3) is 2.49. The monoisotopic (exact) mass is 272 g/mol. The van der Waals surface area contributed by atoms with Gasteiger partial charge in [-0.3, -0.25) is 14.9 Å². The summed E-state index contributed by atoms with van der Waals surface area (Å²) in [5.74, 6) is 1.39. The van der Waals surface area contributed by atoms with Crippen LogP contribution in [-0.2, 0) is 0 Å². The van der Waals surface area contributed by atoms with Gasteiger partial charge in [0, 0.05) is 12.1 Å². The highest BCUT2D eigenvalue weighted by molar-refractivity contribution is 5.95. The van der Waals surface area contributed by atoms with E-state index >= 15 is 0 Å². The molecule has 0 fully saturated rings. The molecule has 1 N–H and O–H groups in total. The third-order valence-electron chi connectivity index (χ3n) is 2.53. The highest BCUT2D eigenvalue weighted by Crippen LogP contribution is 2.19. The van der Waals surface area contributed by atoms with E-state index in [1.807, 2.05) is 0 Å². The van der Waals surface area contributed by atoms with Crippen LogP contribution in [0.25, 0.3) is 10.8 Å². The summed E-state index contributed by atoms with van der Waals surface area (Å²) in [4.78, 5) is 33.4. The number of nitrogens with zero attached hydrogens (tertiary/aromatic N) is 1. The van der Waals surface area contributed by atoms with Gasteiger partial charge in [0.1, 0.15) is 0 Å². The van der Waals surface area contributed by atoms with Crippen molar-refractivity contribution in [1.29, 1.82) is 0 Å². The van der Waals surface area contributed by atoms with Crippen LogP contribution in [0.1, 0.15) is 10.6 Å². The first-order chi connectivity index (χ1) is 9.52. The summed E-state index contributed by atoms with van der Waals surface area (Å²) in [5, 5.41) is 13.4. The van der Waals surface area contributed by atoms with E-state index in [0.717, 1.165) is 6.07 Å². The van der Waals surface area contributed by atoms with Gasteiger partial charge < -0.3 is 9.73 Å². The molecule has 1 aromatic carbocycles. The highest BCUT2D eigenvalue weighted by atomic mass is 16.6. The SMILES string of the molecule is C#CCNC(=O)c1cc2ccc([N+](=O)[O-])cc2c(=O)o1. The molecule has 0 aliphatic rings. The Bertz CT molecular complexity index is 800. The quantitative estimate of drug-likeness (QED) is 0.511. The zero-order chi connectivity index (χ0) is 14.7. The largest absolute Gasteiger partial charge is 0.417 e. The van der Waals surface area contributed by atoms with Gasteiger partial charge in [-0.2, -0.15) is 0 Å². The van der Waals surface area contributed by atoms with E-state index in [1.54, 1.807) is 0 Å². The number of benzene rings is 1. The van der Waals surface area contributed by atoms with Crippen molar-refractivity contribution in [2.24, 2.45) is 0 Å². The Labute approximate surface area is 112 Å². The van der Waals surface area contributed by atoms with Crippen LogP contribution >= 0.6 is 0 Å². The second kappa shape index (κ2) is 5.24. The molecule has 0 spiro atoms. The number of hydrogen-bond donors (Lipinski definition) is 1. The number of hydrogen-bond acceptors (Lipinski definition) is 5. The van der Waals surface area contributed by atoms with Gasteiger partial charge >= 0.3 is 5.63 Å². The second-order valence-electron chi connectivity index (χ2n) is 3.81. The van der Waals surface area contributed by atoms with E-state index in [2.05, 4.69) is 11.2 Å². The Hall–Kier alpha value is -3.14. The van der Waals surface area contributed by atoms with Crippen LogP contribution < -0.4 is 10.9 Å². The van der Waals surface area contributed by atoms with Crippen LogP contribution in [0.2, 0.25) is 0 Å². The first-order valence-electron chi connectivity index (χ1n) is 5.47. The van der Waals surface area contributed by atoms with Crippen LogP contribution in [0.15, 0.2) is 33.5 Å². The number of non-ortho nitro benzene ring substituents is 1. The van der Waals surface area contributed by atoms with Crippen LogP contribution in [0, 0.1) is 22.5 Å². The molecule has 2 rings (SSSR count). The van der Waals surface area contributed by atoms with Gasteiger partial charge in [0.05, 0.1) is 16.9 Å². The molecule has 0 aliphatic heterocycles. The highest BCUT2D eigenvalue weighted by Gasteiger charge is 2.14. The second-order valence-corrected chi connectivity index (χ2v) is 3.81. The molecule has 100 valence electrons. The number of carbonyl (C=O) groups is 1. The first-order valence-corrected chi connectivity index (χ1v) is 5.47. The van der Waals surface area contributed by atoms with Crippen molar-refractivity contribution in [1.82, 2.24) is 5.32 Å². The maximum Gasteiger partial charge on any atom is 0.344 e. The number of carbonyl (C=O) groups excluding carboxylic acids is 1. The molecule has 1 heterocycles. The van der Waals surface area contributed by atoms with Crippen molar-refractivity contribution in [2.75, 3.05) is 6.54 Å². The summed E-state index contributed by atoms with van der Waals surface area (Å²) < 4.78 is 4.83. The summed E-state index contributed by atoms with van der Waals surface area (Å²) in [6.45, 7) is 0.000836. The molecule has 0 unspecified atom stereocenters. The number of rotatable bonds is 3. The van der Waals surface area contributed by atoms with Gasteiger partial charge in [-0.05, 0) is 17.5 Å². The molecule has 0 radical (unpaired) electrons. The molecular formula is C13H8N2O5. The molecule has 0 atom stereocenters. The minimum absolute atomic E-state index is 0.000836. The first kappa shape index (κ1) is 13.3. The van der Waals surface area contributed by atoms with Crippen LogP contribution in [-0.4, -0.2) is 17.4 Å². The Balaban J connectivity index is 2.52. The van der Waals surface area contributed by atoms with E-state index in [9.17, 15) is 19.7 Å². The minimum atomic E-state index is -0.822. The van der Waals surface area contributed by atoms with Gasteiger partial charge in [0.15, 0.2) is 5.76 Å². The topological polar surface area (TPSA) is 102 Å². The fourth-order valence-electron chi connectivity index (χ4n) is 1.62. The van der Waals surface area contributed by atoms with E-state index in [-0.39, 0.29) is 23.4 Å².